The molecule has 0 radical (unpaired) electrons. The highest BCUT2D eigenvalue weighted by atomic mass is 32.1. The second-order valence-electron chi connectivity index (χ2n) is 3.56. The van der Waals surface area contributed by atoms with Crippen LogP contribution in [0.2, 0.25) is 0 Å². The molecule has 1 aromatic heterocycles. The zero-order valence-corrected chi connectivity index (χ0v) is 8.95. The molecule has 0 fully saturated rings. The molecule has 0 bridgehead atoms. The average Bonchev–Trinajstić information content (AvgIpc) is 2.46. The molecule has 0 amide bonds. The largest absolute Gasteiger partial charge is 0.480 e. The Morgan fingerprint density at radius 2 is 2.29 bits per heavy atom. The molecule has 78 valence electrons. The summed E-state index contributed by atoms with van der Waals surface area (Å²) in [5, 5.41) is 10.6. The van der Waals surface area contributed by atoms with E-state index in [1.54, 1.807) is 5.38 Å². The van der Waals surface area contributed by atoms with Crippen LogP contribution in [0.15, 0.2) is 16.2 Å². The van der Waals surface area contributed by atoms with Crippen LogP contribution in [0.5, 0.6) is 0 Å². The van der Waals surface area contributed by atoms with E-state index in [1.807, 2.05) is 13.8 Å². The van der Waals surface area contributed by atoms with Gasteiger partial charge in [-0.25, -0.2) is 8.75 Å². The van der Waals surface area contributed by atoms with Crippen LogP contribution in [-0.2, 0) is 4.79 Å². The first-order chi connectivity index (χ1) is 6.52. The van der Waals surface area contributed by atoms with E-state index in [1.165, 1.54) is 10.0 Å². The number of carbonyl (C=O) groups is 1. The Morgan fingerprint density at radius 1 is 1.64 bits per heavy atom. The third-order valence-electron chi connectivity index (χ3n) is 1.87. The van der Waals surface area contributed by atoms with Crippen molar-refractivity contribution >= 4 is 17.5 Å². The number of rotatable bonds is 4. The van der Waals surface area contributed by atoms with Gasteiger partial charge in [0.25, 0.3) is 5.56 Å². The molecule has 5 heteroatoms. The molecular weight excluding hydrogens is 202 g/mol. The van der Waals surface area contributed by atoms with E-state index in [0.29, 0.717) is 6.42 Å². The molecule has 4 nitrogen and oxygen atoms in total. The third kappa shape index (κ3) is 2.45. The van der Waals surface area contributed by atoms with Crippen molar-refractivity contribution in [1.82, 2.24) is 3.96 Å². The van der Waals surface area contributed by atoms with Gasteiger partial charge in [0.2, 0.25) is 0 Å². The minimum absolute atomic E-state index is 0.233. The first kappa shape index (κ1) is 11.0. The lowest BCUT2D eigenvalue weighted by atomic mass is 10.0. The topological polar surface area (TPSA) is 59.3 Å². The van der Waals surface area contributed by atoms with Crippen LogP contribution >= 0.6 is 11.5 Å². The fourth-order valence-corrected chi connectivity index (χ4v) is 2.05. The van der Waals surface area contributed by atoms with Gasteiger partial charge in [-0.3, -0.25) is 4.79 Å². The molecule has 0 aliphatic carbocycles. The Kier molecular flexibility index (Phi) is 3.46. The quantitative estimate of drug-likeness (QED) is 0.829. The van der Waals surface area contributed by atoms with E-state index in [0.717, 1.165) is 11.5 Å². The van der Waals surface area contributed by atoms with E-state index in [2.05, 4.69) is 0 Å². The number of carboxylic acids is 1. The van der Waals surface area contributed by atoms with Crippen molar-refractivity contribution in [2.45, 2.75) is 26.3 Å². The summed E-state index contributed by atoms with van der Waals surface area (Å²) in [5.41, 5.74) is -0.233. The zero-order chi connectivity index (χ0) is 10.7. The summed E-state index contributed by atoms with van der Waals surface area (Å²) in [6.07, 6.45) is 0.482. The normalized spacial score (nSPS) is 13.1. The monoisotopic (exact) mass is 215 g/mol. The second kappa shape index (κ2) is 4.41. The molecule has 1 atom stereocenters. The minimum Gasteiger partial charge on any atom is -0.480 e. The first-order valence-corrected chi connectivity index (χ1v) is 5.25. The lowest BCUT2D eigenvalue weighted by molar-refractivity contribution is -0.141. The van der Waals surface area contributed by atoms with Crippen LogP contribution in [0.3, 0.4) is 0 Å². The van der Waals surface area contributed by atoms with Crippen molar-refractivity contribution in [2.24, 2.45) is 5.92 Å². The SMILES string of the molecule is CC(C)C[C@@H](C(=O)O)n1sccc1=O. The van der Waals surface area contributed by atoms with Crippen molar-refractivity contribution in [1.29, 1.82) is 0 Å². The Balaban J connectivity index is 2.95. The van der Waals surface area contributed by atoms with Gasteiger partial charge in [0, 0.05) is 11.4 Å². The molecule has 0 aromatic carbocycles. The smallest absolute Gasteiger partial charge is 0.327 e. The molecule has 0 aliphatic heterocycles. The summed E-state index contributed by atoms with van der Waals surface area (Å²) in [4.78, 5) is 22.2. The van der Waals surface area contributed by atoms with Crippen LogP contribution in [0.25, 0.3) is 0 Å². The zero-order valence-electron chi connectivity index (χ0n) is 8.14. The van der Waals surface area contributed by atoms with Crippen LogP contribution in [-0.4, -0.2) is 15.0 Å². The number of carboxylic acid groups (broad SMARTS) is 1. The molecule has 1 aromatic rings. The predicted molar refractivity (Wildman–Crippen MR) is 54.7 cm³/mol. The molecule has 1 N–H and O–H groups in total. The minimum atomic E-state index is -0.941. The predicted octanol–water partition coefficient (Wildman–Crippen LogP) is 1.58. The van der Waals surface area contributed by atoms with Gasteiger partial charge in [0.15, 0.2) is 0 Å². The fourth-order valence-electron chi connectivity index (χ4n) is 1.25. The van der Waals surface area contributed by atoms with Crippen LogP contribution in [0.1, 0.15) is 26.3 Å². The maximum atomic E-state index is 11.3. The van der Waals surface area contributed by atoms with Gasteiger partial charge in [-0.15, -0.1) is 0 Å². The summed E-state index contributed by atoms with van der Waals surface area (Å²) < 4.78 is 1.31. The Hall–Kier alpha value is -1.10. The van der Waals surface area contributed by atoms with Gasteiger partial charge < -0.3 is 5.11 Å². The van der Waals surface area contributed by atoms with Gasteiger partial charge in [-0.2, -0.15) is 0 Å². The molecule has 0 spiro atoms. The maximum absolute atomic E-state index is 11.3. The van der Waals surface area contributed by atoms with Gasteiger partial charge in [-0.1, -0.05) is 25.4 Å². The summed E-state index contributed by atoms with van der Waals surface area (Å²) >= 11 is 1.15. The fraction of sp³-hybridized carbons (Fsp3) is 0.556. The molecule has 0 saturated carbocycles. The van der Waals surface area contributed by atoms with Crippen molar-refractivity contribution < 1.29 is 9.90 Å². The highest BCUT2D eigenvalue weighted by Crippen LogP contribution is 2.18. The number of hydrogen-bond donors (Lipinski definition) is 1. The van der Waals surface area contributed by atoms with Crippen molar-refractivity contribution in [3.63, 3.8) is 0 Å². The van der Waals surface area contributed by atoms with E-state index in [4.69, 9.17) is 5.11 Å². The molecule has 1 rings (SSSR count). The highest BCUT2D eigenvalue weighted by molar-refractivity contribution is 7.04. The molecule has 0 unspecified atom stereocenters. The van der Waals surface area contributed by atoms with Crippen LogP contribution < -0.4 is 5.56 Å². The van der Waals surface area contributed by atoms with Crippen molar-refractivity contribution in [3.8, 4) is 0 Å². The lowest BCUT2D eigenvalue weighted by Crippen LogP contribution is -2.26. The van der Waals surface area contributed by atoms with Crippen molar-refractivity contribution in [2.75, 3.05) is 0 Å². The Morgan fingerprint density at radius 3 is 2.64 bits per heavy atom. The molecule has 14 heavy (non-hydrogen) atoms. The number of aromatic nitrogens is 1. The molecule has 0 aliphatic rings. The molecule has 1 heterocycles. The van der Waals surface area contributed by atoms with Crippen LogP contribution in [0, 0.1) is 5.92 Å². The Labute approximate surface area is 85.9 Å². The van der Waals surface area contributed by atoms with Crippen LogP contribution in [0.4, 0.5) is 0 Å². The Bertz CT molecular complexity index is 366. The summed E-state index contributed by atoms with van der Waals surface area (Å²) in [5.74, 6) is -0.687. The van der Waals surface area contributed by atoms with Gasteiger partial charge in [0.1, 0.15) is 6.04 Å². The van der Waals surface area contributed by atoms with Gasteiger partial charge in [-0.05, 0) is 12.3 Å². The number of hydrogen-bond acceptors (Lipinski definition) is 3. The van der Waals surface area contributed by atoms with Gasteiger partial charge >= 0.3 is 5.97 Å². The lowest BCUT2D eigenvalue weighted by Gasteiger charge is -2.14. The first-order valence-electron chi connectivity index (χ1n) is 4.41. The van der Waals surface area contributed by atoms with Gasteiger partial charge in [0.05, 0.1) is 0 Å². The number of aliphatic carboxylic acids is 1. The summed E-state index contributed by atoms with van der Waals surface area (Å²) in [6, 6.07) is 0.670. The average molecular weight is 215 g/mol. The standard InChI is InChI=1S/C9H13NO3S/c1-6(2)5-7(9(12)13)10-8(11)3-4-14-10/h3-4,6-7H,5H2,1-2H3,(H,12,13)/t7-/m0/s1. The summed E-state index contributed by atoms with van der Waals surface area (Å²) in [6.45, 7) is 3.88. The van der Waals surface area contributed by atoms with E-state index in [9.17, 15) is 9.59 Å². The molecule has 0 saturated heterocycles. The highest BCUT2D eigenvalue weighted by Gasteiger charge is 2.22. The molecular formula is C9H13NO3S. The van der Waals surface area contributed by atoms with E-state index in [-0.39, 0.29) is 11.5 Å². The number of nitrogens with zero attached hydrogens (tertiary/aromatic N) is 1. The summed E-state index contributed by atoms with van der Waals surface area (Å²) in [7, 11) is 0. The van der Waals surface area contributed by atoms with E-state index >= 15 is 0 Å². The second-order valence-corrected chi connectivity index (χ2v) is 4.43. The van der Waals surface area contributed by atoms with Crippen molar-refractivity contribution in [3.05, 3.63) is 21.8 Å². The maximum Gasteiger partial charge on any atom is 0.327 e. The van der Waals surface area contributed by atoms with E-state index < -0.39 is 12.0 Å². The third-order valence-corrected chi connectivity index (χ3v) is 2.78.